The van der Waals surface area contributed by atoms with Crippen LogP contribution in [-0.2, 0) is 18.3 Å². The number of nitrogens with one attached hydrogen (secondary N) is 2. The molecule has 0 aromatic carbocycles. The van der Waals surface area contributed by atoms with E-state index in [1.54, 1.807) is 6.20 Å². The topological polar surface area (TPSA) is 154 Å². The Morgan fingerprint density at radius 3 is 2.74 bits per heavy atom. The van der Waals surface area contributed by atoms with Crippen LogP contribution in [0.1, 0.15) is 43.6 Å². The van der Waals surface area contributed by atoms with E-state index in [2.05, 4.69) is 46.3 Å². The number of H-pyrrole nitrogens is 1. The number of aromatic amines is 1. The molecule has 0 unspecified atom stereocenters. The summed E-state index contributed by atoms with van der Waals surface area (Å²) in [6.45, 7) is 1.50. The molecule has 6 rings (SSSR count). The van der Waals surface area contributed by atoms with Crippen molar-refractivity contribution in [2.24, 2.45) is 0 Å². The van der Waals surface area contributed by atoms with Gasteiger partial charge >= 0.3 is 6.18 Å². The van der Waals surface area contributed by atoms with Crippen LogP contribution in [0.3, 0.4) is 0 Å². The number of nitriles is 1. The van der Waals surface area contributed by atoms with Crippen LogP contribution >= 0.6 is 0 Å². The third-order valence-corrected chi connectivity index (χ3v) is 8.15. The van der Waals surface area contributed by atoms with Gasteiger partial charge in [-0.2, -0.15) is 28.5 Å². The lowest BCUT2D eigenvalue weighted by atomic mass is 9.82. The summed E-state index contributed by atoms with van der Waals surface area (Å²) in [7, 11) is 0. The number of halogens is 3. The van der Waals surface area contributed by atoms with Gasteiger partial charge in [-0.25, -0.2) is 15.0 Å². The van der Waals surface area contributed by atoms with E-state index in [1.807, 2.05) is 23.1 Å². The largest absolute Gasteiger partial charge is 0.474 e. The number of rotatable bonds is 10. The van der Waals surface area contributed by atoms with Crippen LogP contribution in [0.15, 0.2) is 37.1 Å². The molecule has 2 fully saturated rings. The molecule has 4 aromatic rings. The SMILES string of the molecule is N#CCC1(n2cc(-c3ncnc4[nH]ccc34)cn2)CN([C@H]2CC[C@@H](Oc3cc(CNCCO)nc(C(F)(F)F)n3)CC2)C1. The van der Waals surface area contributed by atoms with Gasteiger partial charge in [-0.3, -0.25) is 9.58 Å². The van der Waals surface area contributed by atoms with E-state index in [1.165, 1.54) is 12.4 Å². The van der Waals surface area contributed by atoms with Gasteiger partial charge in [0.05, 0.1) is 36.7 Å². The summed E-state index contributed by atoms with van der Waals surface area (Å²) in [6.07, 6.45) is 5.36. The van der Waals surface area contributed by atoms with Crippen molar-refractivity contribution in [2.45, 2.75) is 62.5 Å². The number of aliphatic hydroxyl groups excluding tert-OH is 1. The molecular formula is C28H31F3N10O2. The van der Waals surface area contributed by atoms with Gasteiger partial charge in [0, 0.05) is 61.6 Å². The van der Waals surface area contributed by atoms with E-state index in [0.717, 1.165) is 35.1 Å². The first-order chi connectivity index (χ1) is 20.8. The molecule has 0 spiro atoms. The zero-order valence-corrected chi connectivity index (χ0v) is 23.3. The van der Waals surface area contributed by atoms with Crippen molar-refractivity contribution >= 4 is 11.0 Å². The number of ether oxygens (including phenoxy) is 1. The van der Waals surface area contributed by atoms with Crippen molar-refractivity contribution < 1.29 is 23.0 Å². The predicted molar refractivity (Wildman–Crippen MR) is 147 cm³/mol. The minimum absolute atomic E-state index is 0.0575. The number of hydrogen-bond acceptors (Lipinski definition) is 10. The Labute approximate surface area is 244 Å². The highest BCUT2D eigenvalue weighted by Crippen LogP contribution is 2.39. The lowest BCUT2D eigenvalue weighted by Gasteiger charge is -2.53. The Bertz CT molecular complexity index is 1600. The fraction of sp³-hybridized carbons (Fsp3) is 0.500. The van der Waals surface area contributed by atoms with E-state index < -0.39 is 17.5 Å². The maximum atomic E-state index is 13.4. The molecule has 5 heterocycles. The third-order valence-electron chi connectivity index (χ3n) is 8.15. The molecule has 3 N–H and O–H groups in total. The Morgan fingerprint density at radius 2 is 2.00 bits per heavy atom. The highest BCUT2D eigenvalue weighted by atomic mass is 19.4. The van der Waals surface area contributed by atoms with Gasteiger partial charge in [0.25, 0.3) is 0 Å². The van der Waals surface area contributed by atoms with E-state index in [9.17, 15) is 18.4 Å². The number of aromatic nitrogens is 7. The van der Waals surface area contributed by atoms with Crippen LogP contribution in [0.2, 0.25) is 0 Å². The second-order valence-corrected chi connectivity index (χ2v) is 11.1. The van der Waals surface area contributed by atoms with Crippen molar-refractivity contribution in [3.8, 4) is 23.2 Å². The van der Waals surface area contributed by atoms with Crippen LogP contribution in [0.25, 0.3) is 22.3 Å². The molecule has 1 aliphatic carbocycles. The molecular weight excluding hydrogens is 565 g/mol. The van der Waals surface area contributed by atoms with Crippen LogP contribution in [-0.4, -0.2) is 83.1 Å². The molecule has 0 radical (unpaired) electrons. The first-order valence-corrected chi connectivity index (χ1v) is 14.2. The maximum Gasteiger partial charge on any atom is 0.451 e. The Kier molecular flexibility index (Phi) is 7.99. The Balaban J connectivity index is 1.08. The summed E-state index contributed by atoms with van der Waals surface area (Å²) in [4.78, 5) is 21.4. The lowest BCUT2D eigenvalue weighted by Crippen LogP contribution is -2.65. The molecule has 2 aliphatic rings. The van der Waals surface area contributed by atoms with E-state index in [4.69, 9.17) is 9.84 Å². The molecule has 43 heavy (non-hydrogen) atoms. The van der Waals surface area contributed by atoms with Crippen molar-refractivity contribution in [3.63, 3.8) is 0 Å². The number of fused-ring (bicyclic) bond motifs is 1. The summed E-state index contributed by atoms with van der Waals surface area (Å²) in [5, 5.41) is 26.9. The molecule has 15 heteroatoms. The average molecular weight is 597 g/mol. The molecule has 0 atom stereocenters. The van der Waals surface area contributed by atoms with Crippen LogP contribution in [0, 0.1) is 11.3 Å². The summed E-state index contributed by atoms with van der Waals surface area (Å²) < 4.78 is 48.0. The highest BCUT2D eigenvalue weighted by Gasteiger charge is 2.48. The van der Waals surface area contributed by atoms with Gasteiger partial charge in [-0.15, -0.1) is 0 Å². The quantitative estimate of drug-likeness (QED) is 0.233. The van der Waals surface area contributed by atoms with E-state index >= 15 is 0 Å². The van der Waals surface area contributed by atoms with Crippen molar-refractivity contribution in [1.29, 1.82) is 5.26 Å². The monoisotopic (exact) mass is 596 g/mol. The molecule has 226 valence electrons. The van der Waals surface area contributed by atoms with Crippen molar-refractivity contribution in [1.82, 2.24) is 44.9 Å². The number of nitrogens with zero attached hydrogens (tertiary/aromatic N) is 8. The molecule has 4 aromatic heterocycles. The Hall–Kier alpha value is -4.13. The van der Waals surface area contributed by atoms with Gasteiger partial charge in [-0.05, 0) is 31.7 Å². The molecule has 0 amide bonds. The fourth-order valence-corrected chi connectivity index (χ4v) is 6.00. The fourth-order valence-electron chi connectivity index (χ4n) is 6.00. The summed E-state index contributed by atoms with van der Waals surface area (Å²) in [5.41, 5.74) is 2.08. The van der Waals surface area contributed by atoms with Crippen LogP contribution < -0.4 is 10.1 Å². The van der Waals surface area contributed by atoms with Crippen LogP contribution in [0.4, 0.5) is 13.2 Å². The Morgan fingerprint density at radius 1 is 1.19 bits per heavy atom. The van der Waals surface area contributed by atoms with Gasteiger partial charge in [0.1, 0.15) is 23.6 Å². The second-order valence-electron chi connectivity index (χ2n) is 11.1. The van der Waals surface area contributed by atoms with Crippen molar-refractivity contribution in [3.05, 3.63) is 48.6 Å². The zero-order valence-electron chi connectivity index (χ0n) is 23.3. The number of alkyl halides is 3. The third kappa shape index (κ3) is 6.03. The van der Waals surface area contributed by atoms with Gasteiger partial charge in [-0.1, -0.05) is 0 Å². The van der Waals surface area contributed by atoms with Crippen molar-refractivity contribution in [2.75, 3.05) is 26.2 Å². The minimum Gasteiger partial charge on any atom is -0.474 e. The van der Waals surface area contributed by atoms with Gasteiger partial charge < -0.3 is 20.1 Å². The van der Waals surface area contributed by atoms with E-state index in [0.29, 0.717) is 32.4 Å². The standard InChI is InChI=1S/C28H31F3N10O2/c29-28(30,31)26-38-19(13-33-9-10-42)11-23(39-26)43-21-3-1-20(2-4-21)40-15-27(16-40,6-7-32)41-14-18(12-37-41)24-22-5-8-34-25(22)36-17-35-24/h5,8,11-12,14,17,20-21,33,42H,1-4,6,9-10,13,15-16H2,(H,34,35,36)/t20-,21+. The number of aliphatic hydroxyl groups is 1. The van der Waals surface area contributed by atoms with E-state index in [-0.39, 0.29) is 43.4 Å². The molecule has 0 bridgehead atoms. The first-order valence-electron chi connectivity index (χ1n) is 14.2. The first kappa shape index (κ1) is 29.0. The minimum atomic E-state index is -4.70. The lowest BCUT2D eigenvalue weighted by molar-refractivity contribution is -0.145. The maximum absolute atomic E-state index is 13.4. The second kappa shape index (κ2) is 11.9. The average Bonchev–Trinajstić information content (AvgIpc) is 3.65. The zero-order chi connectivity index (χ0) is 30.0. The number of likely N-dealkylation sites (tertiary alicyclic amines) is 1. The molecule has 1 saturated heterocycles. The predicted octanol–water partition coefficient (Wildman–Crippen LogP) is 3.03. The smallest absolute Gasteiger partial charge is 0.451 e. The summed E-state index contributed by atoms with van der Waals surface area (Å²) in [6, 6.07) is 5.94. The summed E-state index contributed by atoms with van der Waals surface area (Å²) in [5.74, 6) is -1.34. The summed E-state index contributed by atoms with van der Waals surface area (Å²) >= 11 is 0. The molecule has 1 saturated carbocycles. The van der Waals surface area contributed by atoms with Gasteiger partial charge in [0.15, 0.2) is 0 Å². The normalized spacial score (nSPS) is 20.5. The van der Waals surface area contributed by atoms with Crippen LogP contribution in [0.5, 0.6) is 5.88 Å². The molecule has 1 aliphatic heterocycles. The molecule has 12 nitrogen and oxygen atoms in total. The van der Waals surface area contributed by atoms with Gasteiger partial charge in [0.2, 0.25) is 11.7 Å². The number of hydrogen-bond donors (Lipinski definition) is 3. The highest BCUT2D eigenvalue weighted by molar-refractivity contribution is 5.90.